The summed E-state index contributed by atoms with van der Waals surface area (Å²) in [5.41, 5.74) is 1.58. The highest BCUT2D eigenvalue weighted by molar-refractivity contribution is 7.89. The molecule has 1 aliphatic rings. The van der Waals surface area contributed by atoms with Gasteiger partial charge in [-0.3, -0.25) is 4.79 Å². The molecule has 1 atom stereocenters. The van der Waals surface area contributed by atoms with Crippen molar-refractivity contribution in [2.45, 2.75) is 17.9 Å². The molecule has 1 amide bonds. The van der Waals surface area contributed by atoms with E-state index in [-0.39, 0.29) is 16.2 Å². The van der Waals surface area contributed by atoms with Crippen molar-refractivity contribution < 1.29 is 32.2 Å². The molecule has 0 bridgehead atoms. The minimum atomic E-state index is -3.86. The first-order valence-electron chi connectivity index (χ1n) is 10.7. The number of methoxy groups -OCH3 is 1. The van der Waals surface area contributed by atoms with Crippen LogP contribution in [-0.4, -0.2) is 78.2 Å². The van der Waals surface area contributed by atoms with Gasteiger partial charge in [0.2, 0.25) is 10.0 Å². The molecule has 11 heteroatoms. The summed E-state index contributed by atoms with van der Waals surface area (Å²) in [7, 11) is 0.222. The summed E-state index contributed by atoms with van der Waals surface area (Å²) in [6.45, 7) is 4.41. The summed E-state index contributed by atoms with van der Waals surface area (Å²) in [6, 6.07) is 11.3. The molecule has 0 spiro atoms. The third-order valence-electron chi connectivity index (χ3n) is 5.32. The van der Waals surface area contributed by atoms with E-state index in [1.54, 1.807) is 12.1 Å². The first kappa shape index (κ1) is 25.5. The number of hydrogen-bond acceptors (Lipinski definition) is 8. The molecule has 0 unspecified atom stereocenters. The van der Waals surface area contributed by atoms with Crippen molar-refractivity contribution in [3.8, 4) is 5.75 Å². The molecule has 1 aliphatic heterocycles. The molecule has 0 aromatic heterocycles. The van der Waals surface area contributed by atoms with E-state index in [2.05, 4.69) is 10.2 Å². The Bertz CT molecular complexity index is 1130. The van der Waals surface area contributed by atoms with E-state index >= 15 is 0 Å². The third-order valence-corrected chi connectivity index (χ3v) is 7.16. The minimum Gasteiger partial charge on any atom is -0.495 e. The standard InChI is InChI=1S/C23H29N3O7S/c1-16(22(27)24-18-6-8-19(9-7-18)26-11-13-32-14-12-26)33-23(28)17-5-10-20(31-4)21(15-17)34(29,30)25(2)3/h5-10,15-16H,11-14H2,1-4H3,(H,24,27)/t16-/m0/s1. The van der Waals surface area contributed by atoms with E-state index in [4.69, 9.17) is 14.2 Å². The van der Waals surface area contributed by atoms with Crippen LogP contribution in [0.1, 0.15) is 17.3 Å². The van der Waals surface area contributed by atoms with Gasteiger partial charge in [0.15, 0.2) is 6.10 Å². The summed E-state index contributed by atoms with van der Waals surface area (Å²) in [5, 5.41) is 2.72. The highest BCUT2D eigenvalue weighted by atomic mass is 32.2. The SMILES string of the molecule is COc1ccc(C(=O)O[C@@H](C)C(=O)Nc2ccc(N3CCOCC3)cc2)cc1S(=O)(=O)N(C)C. The van der Waals surface area contributed by atoms with E-state index in [0.717, 1.165) is 23.1 Å². The summed E-state index contributed by atoms with van der Waals surface area (Å²) in [6.07, 6.45) is -1.11. The molecule has 1 fully saturated rings. The number of nitrogens with zero attached hydrogens (tertiary/aromatic N) is 2. The second-order valence-corrected chi connectivity index (χ2v) is 9.96. The summed E-state index contributed by atoms with van der Waals surface area (Å²) in [5.74, 6) is -1.25. The molecule has 0 aliphatic carbocycles. The highest BCUT2D eigenvalue weighted by Gasteiger charge is 2.26. The number of benzene rings is 2. The average molecular weight is 492 g/mol. The quantitative estimate of drug-likeness (QED) is 0.558. The van der Waals surface area contributed by atoms with Gasteiger partial charge in [-0.25, -0.2) is 17.5 Å². The number of rotatable bonds is 8. The molecule has 2 aromatic rings. The van der Waals surface area contributed by atoms with Crippen LogP contribution < -0.4 is 15.0 Å². The highest BCUT2D eigenvalue weighted by Crippen LogP contribution is 2.27. The predicted octanol–water partition coefficient (Wildman–Crippen LogP) is 1.97. The second-order valence-electron chi connectivity index (χ2n) is 7.84. The molecule has 1 heterocycles. The maximum absolute atomic E-state index is 12.6. The predicted molar refractivity (Wildman–Crippen MR) is 127 cm³/mol. The van der Waals surface area contributed by atoms with Crippen molar-refractivity contribution in [2.24, 2.45) is 0 Å². The lowest BCUT2D eigenvalue weighted by Gasteiger charge is -2.28. The van der Waals surface area contributed by atoms with E-state index in [0.29, 0.717) is 18.9 Å². The van der Waals surface area contributed by atoms with E-state index < -0.39 is 28.0 Å². The van der Waals surface area contributed by atoms with E-state index in [1.165, 1.54) is 46.3 Å². The van der Waals surface area contributed by atoms with Crippen LogP contribution in [0.15, 0.2) is 47.4 Å². The lowest BCUT2D eigenvalue weighted by molar-refractivity contribution is -0.123. The molecular weight excluding hydrogens is 462 g/mol. The fourth-order valence-electron chi connectivity index (χ4n) is 3.31. The summed E-state index contributed by atoms with van der Waals surface area (Å²) < 4.78 is 41.9. The Kier molecular flexibility index (Phi) is 8.13. The number of nitrogens with one attached hydrogen (secondary N) is 1. The number of hydrogen-bond donors (Lipinski definition) is 1. The van der Waals surface area contributed by atoms with E-state index in [9.17, 15) is 18.0 Å². The van der Waals surface area contributed by atoms with Crippen molar-refractivity contribution in [1.29, 1.82) is 0 Å². The molecule has 184 valence electrons. The van der Waals surface area contributed by atoms with Gasteiger partial charge in [-0.1, -0.05) is 0 Å². The zero-order chi connectivity index (χ0) is 24.9. The van der Waals surface area contributed by atoms with Gasteiger partial charge in [-0.15, -0.1) is 0 Å². The van der Waals surface area contributed by atoms with Crippen molar-refractivity contribution in [3.63, 3.8) is 0 Å². The van der Waals surface area contributed by atoms with Gasteiger partial charge in [0.05, 0.1) is 25.9 Å². The molecule has 0 saturated carbocycles. The number of esters is 1. The van der Waals surface area contributed by atoms with Crippen LogP contribution in [0, 0.1) is 0 Å². The lowest BCUT2D eigenvalue weighted by atomic mass is 10.2. The van der Waals surface area contributed by atoms with Crippen LogP contribution in [-0.2, 0) is 24.3 Å². The lowest BCUT2D eigenvalue weighted by Crippen LogP contribution is -2.36. The van der Waals surface area contributed by atoms with E-state index in [1.807, 2.05) is 12.1 Å². The van der Waals surface area contributed by atoms with Crippen molar-refractivity contribution in [1.82, 2.24) is 4.31 Å². The molecular formula is C23H29N3O7S. The number of sulfonamides is 1. The molecule has 1 N–H and O–H groups in total. The van der Waals surface area contributed by atoms with Crippen LogP contribution in [0.2, 0.25) is 0 Å². The Morgan fingerprint density at radius 1 is 1.09 bits per heavy atom. The van der Waals surface area contributed by atoms with Crippen LogP contribution in [0.4, 0.5) is 11.4 Å². The van der Waals surface area contributed by atoms with Gasteiger partial charge >= 0.3 is 5.97 Å². The van der Waals surface area contributed by atoms with Gasteiger partial charge in [-0.2, -0.15) is 0 Å². The fourth-order valence-corrected chi connectivity index (χ4v) is 4.38. The topological polar surface area (TPSA) is 114 Å². The fraction of sp³-hybridized carbons (Fsp3) is 0.391. The number of carbonyl (C=O) groups is 2. The molecule has 1 saturated heterocycles. The third kappa shape index (κ3) is 5.85. The second kappa shape index (κ2) is 10.9. The van der Waals surface area contributed by atoms with Crippen LogP contribution in [0.3, 0.4) is 0 Å². The van der Waals surface area contributed by atoms with Gasteiger partial charge in [0.25, 0.3) is 5.91 Å². The Morgan fingerprint density at radius 3 is 2.32 bits per heavy atom. The van der Waals surface area contributed by atoms with Gasteiger partial charge in [0, 0.05) is 38.6 Å². The van der Waals surface area contributed by atoms with Crippen LogP contribution in [0.5, 0.6) is 5.75 Å². The first-order chi connectivity index (χ1) is 16.1. The van der Waals surface area contributed by atoms with Crippen molar-refractivity contribution in [3.05, 3.63) is 48.0 Å². The van der Waals surface area contributed by atoms with Crippen molar-refractivity contribution in [2.75, 3.05) is 57.7 Å². The largest absolute Gasteiger partial charge is 0.495 e. The van der Waals surface area contributed by atoms with Gasteiger partial charge in [0.1, 0.15) is 10.6 Å². The molecule has 2 aromatic carbocycles. The summed E-state index contributed by atoms with van der Waals surface area (Å²) in [4.78, 5) is 27.2. The molecule has 34 heavy (non-hydrogen) atoms. The normalized spacial score (nSPS) is 15.0. The van der Waals surface area contributed by atoms with Gasteiger partial charge in [-0.05, 0) is 49.4 Å². The molecule has 3 rings (SSSR count). The van der Waals surface area contributed by atoms with Crippen LogP contribution in [0.25, 0.3) is 0 Å². The maximum atomic E-state index is 12.6. The smallest absolute Gasteiger partial charge is 0.338 e. The Hall–Kier alpha value is -3.15. The van der Waals surface area contributed by atoms with Crippen LogP contribution >= 0.6 is 0 Å². The molecule has 0 radical (unpaired) electrons. The Labute approximate surface area is 199 Å². The Balaban J connectivity index is 1.65. The number of anilines is 2. The number of amides is 1. The van der Waals surface area contributed by atoms with Gasteiger partial charge < -0.3 is 24.4 Å². The molecule has 10 nitrogen and oxygen atoms in total. The zero-order valence-corrected chi connectivity index (χ0v) is 20.4. The van der Waals surface area contributed by atoms with Crippen molar-refractivity contribution >= 4 is 33.3 Å². The number of carbonyl (C=O) groups excluding carboxylic acids is 2. The Morgan fingerprint density at radius 2 is 1.74 bits per heavy atom. The maximum Gasteiger partial charge on any atom is 0.338 e. The number of morpholine rings is 1. The average Bonchev–Trinajstić information content (AvgIpc) is 2.84. The zero-order valence-electron chi connectivity index (χ0n) is 19.6. The monoisotopic (exact) mass is 491 g/mol. The first-order valence-corrected chi connectivity index (χ1v) is 12.1. The minimum absolute atomic E-state index is 0.0178. The number of ether oxygens (including phenoxy) is 3. The summed E-state index contributed by atoms with van der Waals surface area (Å²) >= 11 is 0.